The Hall–Kier alpha value is -0.0900. The number of sulfone groups is 1. The van der Waals surface area contributed by atoms with E-state index in [0.717, 1.165) is 12.8 Å². The van der Waals surface area contributed by atoms with Crippen LogP contribution in [0.3, 0.4) is 0 Å². The molecule has 0 aliphatic rings. The molecule has 0 fully saturated rings. The fourth-order valence-electron chi connectivity index (χ4n) is 2.08. The number of hydrogen-bond acceptors (Lipinski definition) is 3. The van der Waals surface area contributed by atoms with E-state index in [0.29, 0.717) is 12.0 Å². The number of rotatable bonds is 7. The predicted molar refractivity (Wildman–Crippen MR) is 65.8 cm³/mol. The lowest BCUT2D eigenvalue weighted by molar-refractivity contribution is 0.335. The molecule has 0 aromatic carbocycles. The molecule has 1 N–H and O–H groups in total. The van der Waals surface area contributed by atoms with E-state index in [1.807, 2.05) is 6.92 Å². The zero-order valence-electron chi connectivity index (χ0n) is 10.6. The van der Waals surface area contributed by atoms with Crippen molar-refractivity contribution in [2.24, 2.45) is 5.92 Å². The van der Waals surface area contributed by atoms with Gasteiger partial charge in [0.05, 0.1) is 5.75 Å². The van der Waals surface area contributed by atoms with Gasteiger partial charge >= 0.3 is 0 Å². The van der Waals surface area contributed by atoms with Gasteiger partial charge in [-0.05, 0) is 19.8 Å². The van der Waals surface area contributed by atoms with Crippen molar-refractivity contribution >= 4 is 9.84 Å². The largest absolute Gasteiger partial charge is 0.310 e. The van der Waals surface area contributed by atoms with E-state index >= 15 is 0 Å². The first-order chi connectivity index (χ1) is 6.80. The summed E-state index contributed by atoms with van der Waals surface area (Å²) in [5.41, 5.74) is 0. The lowest BCUT2D eigenvalue weighted by Gasteiger charge is -2.26. The molecule has 4 heteroatoms. The van der Waals surface area contributed by atoms with Gasteiger partial charge in [0, 0.05) is 18.3 Å². The third kappa shape index (κ3) is 6.90. The maximum Gasteiger partial charge on any atom is 0.148 e. The Bertz CT molecular complexity index is 258. The molecule has 0 aromatic rings. The summed E-state index contributed by atoms with van der Waals surface area (Å²) in [5.74, 6) is 0.851. The molecule has 0 spiro atoms. The van der Waals surface area contributed by atoms with Crippen molar-refractivity contribution < 1.29 is 8.42 Å². The van der Waals surface area contributed by atoms with Crippen LogP contribution in [0.15, 0.2) is 0 Å². The second kappa shape index (κ2) is 6.48. The van der Waals surface area contributed by atoms with Gasteiger partial charge in [-0.15, -0.1) is 0 Å². The average Bonchev–Trinajstić information content (AvgIpc) is 2.02. The zero-order valence-corrected chi connectivity index (χ0v) is 11.4. The van der Waals surface area contributed by atoms with Gasteiger partial charge in [-0.2, -0.15) is 0 Å². The highest BCUT2D eigenvalue weighted by Gasteiger charge is 2.17. The second-order valence-corrected chi connectivity index (χ2v) is 6.71. The van der Waals surface area contributed by atoms with E-state index < -0.39 is 9.84 Å². The SMILES string of the molecule is CCC(CC)C(C)NC(C)CS(C)(=O)=O. The second-order valence-electron chi connectivity index (χ2n) is 4.53. The molecule has 0 amide bonds. The van der Waals surface area contributed by atoms with Crippen molar-refractivity contribution in [1.82, 2.24) is 5.32 Å². The third-order valence-electron chi connectivity index (χ3n) is 2.86. The smallest absolute Gasteiger partial charge is 0.148 e. The van der Waals surface area contributed by atoms with E-state index in [9.17, 15) is 8.42 Å². The zero-order chi connectivity index (χ0) is 12.1. The minimum atomic E-state index is -2.87. The summed E-state index contributed by atoms with van der Waals surface area (Å²) in [6.45, 7) is 8.41. The Kier molecular flexibility index (Phi) is 6.44. The van der Waals surface area contributed by atoms with Gasteiger partial charge in [0.1, 0.15) is 9.84 Å². The Morgan fingerprint density at radius 1 is 1.13 bits per heavy atom. The molecule has 0 saturated carbocycles. The highest BCUT2D eigenvalue weighted by atomic mass is 32.2. The summed E-state index contributed by atoms with van der Waals surface area (Å²) in [6, 6.07) is 0.423. The first kappa shape index (κ1) is 14.9. The van der Waals surface area contributed by atoms with Crippen molar-refractivity contribution in [3.8, 4) is 0 Å². The topological polar surface area (TPSA) is 46.2 Å². The van der Waals surface area contributed by atoms with Crippen molar-refractivity contribution in [2.75, 3.05) is 12.0 Å². The van der Waals surface area contributed by atoms with Gasteiger partial charge in [-0.1, -0.05) is 26.7 Å². The molecule has 2 unspecified atom stereocenters. The summed E-state index contributed by atoms with van der Waals surface area (Å²) in [7, 11) is -2.87. The summed E-state index contributed by atoms with van der Waals surface area (Å²) >= 11 is 0. The Balaban J connectivity index is 4.11. The molecular formula is C11H25NO2S. The molecule has 0 aromatic heterocycles. The quantitative estimate of drug-likeness (QED) is 0.732. The van der Waals surface area contributed by atoms with E-state index in [-0.39, 0.29) is 11.8 Å². The monoisotopic (exact) mass is 235 g/mol. The van der Waals surface area contributed by atoms with Crippen LogP contribution in [0.25, 0.3) is 0 Å². The summed E-state index contributed by atoms with van der Waals surface area (Å²) in [6.07, 6.45) is 3.56. The Labute approximate surface area is 94.6 Å². The third-order valence-corrected chi connectivity index (χ3v) is 3.96. The van der Waals surface area contributed by atoms with E-state index in [1.54, 1.807) is 0 Å². The molecule has 15 heavy (non-hydrogen) atoms. The van der Waals surface area contributed by atoms with Crippen LogP contribution < -0.4 is 5.32 Å². The predicted octanol–water partition coefficient (Wildman–Crippen LogP) is 1.83. The van der Waals surface area contributed by atoms with Crippen LogP contribution in [0, 0.1) is 5.92 Å². The molecule has 0 aliphatic carbocycles. The van der Waals surface area contributed by atoms with Crippen LogP contribution in [0.4, 0.5) is 0 Å². The minimum absolute atomic E-state index is 0.0376. The first-order valence-corrected chi connectivity index (χ1v) is 7.80. The minimum Gasteiger partial charge on any atom is -0.310 e. The summed E-state index contributed by atoms with van der Waals surface area (Å²) < 4.78 is 22.2. The first-order valence-electron chi connectivity index (χ1n) is 5.73. The molecule has 0 bridgehead atoms. The molecule has 0 radical (unpaired) electrons. The van der Waals surface area contributed by atoms with Gasteiger partial charge in [0.25, 0.3) is 0 Å². The van der Waals surface area contributed by atoms with Gasteiger partial charge in [-0.25, -0.2) is 8.42 Å². The summed E-state index contributed by atoms with van der Waals surface area (Å²) in [4.78, 5) is 0. The average molecular weight is 235 g/mol. The fourth-order valence-corrected chi connectivity index (χ4v) is 3.09. The van der Waals surface area contributed by atoms with Crippen molar-refractivity contribution in [1.29, 1.82) is 0 Å². The van der Waals surface area contributed by atoms with E-state index in [2.05, 4.69) is 26.1 Å². The van der Waals surface area contributed by atoms with E-state index in [1.165, 1.54) is 6.26 Å². The Morgan fingerprint density at radius 3 is 1.93 bits per heavy atom. The van der Waals surface area contributed by atoms with Crippen molar-refractivity contribution in [3.05, 3.63) is 0 Å². The highest BCUT2D eigenvalue weighted by molar-refractivity contribution is 7.90. The Morgan fingerprint density at radius 2 is 1.60 bits per heavy atom. The van der Waals surface area contributed by atoms with Gasteiger partial charge < -0.3 is 5.32 Å². The van der Waals surface area contributed by atoms with E-state index in [4.69, 9.17) is 0 Å². The maximum absolute atomic E-state index is 11.1. The van der Waals surface area contributed by atoms with Gasteiger partial charge in [0.15, 0.2) is 0 Å². The molecule has 0 heterocycles. The number of hydrogen-bond donors (Lipinski definition) is 1. The molecule has 2 atom stereocenters. The summed E-state index contributed by atoms with van der Waals surface area (Å²) in [5, 5.41) is 3.36. The highest BCUT2D eigenvalue weighted by Crippen LogP contribution is 2.13. The fraction of sp³-hybridized carbons (Fsp3) is 1.00. The van der Waals surface area contributed by atoms with Crippen LogP contribution in [0.2, 0.25) is 0 Å². The van der Waals surface area contributed by atoms with Crippen LogP contribution in [0.1, 0.15) is 40.5 Å². The van der Waals surface area contributed by atoms with Gasteiger partial charge in [0.2, 0.25) is 0 Å². The van der Waals surface area contributed by atoms with Crippen molar-refractivity contribution in [3.63, 3.8) is 0 Å². The molecular weight excluding hydrogens is 210 g/mol. The van der Waals surface area contributed by atoms with Crippen LogP contribution in [0.5, 0.6) is 0 Å². The van der Waals surface area contributed by atoms with Crippen LogP contribution in [-0.4, -0.2) is 32.5 Å². The van der Waals surface area contributed by atoms with Crippen LogP contribution >= 0.6 is 0 Å². The molecule has 3 nitrogen and oxygen atoms in total. The van der Waals surface area contributed by atoms with Crippen molar-refractivity contribution in [2.45, 2.75) is 52.6 Å². The number of nitrogens with one attached hydrogen (secondary N) is 1. The normalized spacial score (nSPS) is 16.7. The van der Waals surface area contributed by atoms with Gasteiger partial charge in [-0.3, -0.25) is 0 Å². The lowest BCUT2D eigenvalue weighted by atomic mass is 9.95. The maximum atomic E-state index is 11.1. The molecule has 0 aliphatic heterocycles. The molecule has 92 valence electrons. The molecule has 0 rings (SSSR count). The van der Waals surface area contributed by atoms with Crippen LogP contribution in [-0.2, 0) is 9.84 Å². The molecule has 0 saturated heterocycles. The standard InChI is InChI=1S/C11H25NO2S/c1-6-11(7-2)10(4)12-9(3)8-15(5,13)14/h9-12H,6-8H2,1-5H3. The lowest BCUT2D eigenvalue weighted by Crippen LogP contribution is -2.42.